The van der Waals surface area contributed by atoms with Crippen molar-refractivity contribution in [2.24, 2.45) is 5.41 Å². The highest BCUT2D eigenvalue weighted by atomic mass is 32.1. The number of benzene rings is 3. The Hall–Kier alpha value is -2.78. The van der Waals surface area contributed by atoms with Gasteiger partial charge in [0.25, 0.3) is 0 Å². The Balaban J connectivity index is 1.47. The van der Waals surface area contributed by atoms with Crippen LogP contribution in [0.3, 0.4) is 0 Å². The van der Waals surface area contributed by atoms with Gasteiger partial charge in [-0.3, -0.25) is 0 Å². The molecule has 0 atom stereocenters. The molecule has 1 aliphatic rings. The van der Waals surface area contributed by atoms with Crippen LogP contribution in [0.2, 0.25) is 0 Å². The van der Waals surface area contributed by atoms with Gasteiger partial charge in [-0.05, 0) is 65.5 Å². The quantitative estimate of drug-likeness (QED) is 0.285. The van der Waals surface area contributed by atoms with E-state index in [0.717, 1.165) is 32.2 Å². The number of hydrogen-bond donors (Lipinski definition) is 0. The highest BCUT2D eigenvalue weighted by Crippen LogP contribution is 2.44. The average molecular weight is 424 g/mol. The third-order valence-corrected chi connectivity index (χ3v) is 8.16. The average Bonchev–Trinajstić information content (AvgIpc) is 3.17. The van der Waals surface area contributed by atoms with Crippen molar-refractivity contribution in [1.29, 1.82) is 0 Å². The van der Waals surface area contributed by atoms with Gasteiger partial charge in [-0.2, -0.15) is 0 Å². The van der Waals surface area contributed by atoms with Gasteiger partial charge in [-0.1, -0.05) is 62.4 Å². The molecule has 1 saturated carbocycles. The Morgan fingerprint density at radius 1 is 0.968 bits per heavy atom. The highest BCUT2D eigenvalue weighted by molar-refractivity contribution is 7.26. The van der Waals surface area contributed by atoms with Crippen LogP contribution >= 0.6 is 11.3 Å². The molecule has 2 aromatic heterocycles. The van der Waals surface area contributed by atoms with Gasteiger partial charge in [-0.15, -0.1) is 11.3 Å². The van der Waals surface area contributed by atoms with E-state index in [1.165, 1.54) is 41.3 Å². The second-order valence-corrected chi connectivity index (χ2v) is 10.7. The fourth-order valence-electron chi connectivity index (χ4n) is 5.04. The van der Waals surface area contributed by atoms with Crippen molar-refractivity contribution in [3.8, 4) is 11.3 Å². The van der Waals surface area contributed by atoms with E-state index >= 15 is 0 Å². The molecule has 6 rings (SSSR count). The normalized spacial score (nSPS) is 17.4. The first-order valence-corrected chi connectivity index (χ1v) is 12.0. The molecular formula is C28H26N2S. The van der Waals surface area contributed by atoms with Gasteiger partial charge in [0.05, 0.1) is 17.3 Å². The zero-order valence-electron chi connectivity index (χ0n) is 19.0. The largest absolute Gasteiger partial charge is 0.235 e. The van der Waals surface area contributed by atoms with Crippen LogP contribution in [-0.2, 0) is 0 Å². The molecule has 0 aliphatic heterocycles. The molecule has 3 heteroatoms. The smallest absolute Gasteiger partial charge is 0.116 e. The number of hydrogen-bond acceptors (Lipinski definition) is 3. The minimum atomic E-state index is 0.485. The molecule has 31 heavy (non-hydrogen) atoms. The molecular weight excluding hydrogens is 396 g/mol. The van der Waals surface area contributed by atoms with Crippen molar-refractivity contribution in [3.05, 3.63) is 72.5 Å². The van der Waals surface area contributed by atoms with Gasteiger partial charge in [0, 0.05) is 15.6 Å². The van der Waals surface area contributed by atoms with E-state index in [4.69, 9.17) is 1.37 Å². The van der Waals surface area contributed by atoms with Crippen molar-refractivity contribution < 1.29 is 1.37 Å². The SMILES string of the molecule is [2H]c1cc(-c2ncnc3c2sc2cc(C4CCC(C)(C)CC4)ccc23)cc2ccccc12. The van der Waals surface area contributed by atoms with E-state index in [-0.39, 0.29) is 0 Å². The molecule has 154 valence electrons. The number of rotatable bonds is 2. The van der Waals surface area contributed by atoms with E-state index in [2.05, 4.69) is 54.1 Å². The molecule has 1 fully saturated rings. The summed E-state index contributed by atoms with van der Waals surface area (Å²) in [6, 6.07) is 19.7. The lowest BCUT2D eigenvalue weighted by Gasteiger charge is -2.34. The van der Waals surface area contributed by atoms with Gasteiger partial charge >= 0.3 is 0 Å². The van der Waals surface area contributed by atoms with Crippen LogP contribution in [-0.4, -0.2) is 9.97 Å². The minimum absolute atomic E-state index is 0.485. The Kier molecular flexibility index (Phi) is 4.11. The van der Waals surface area contributed by atoms with Crippen molar-refractivity contribution in [1.82, 2.24) is 9.97 Å². The predicted octanol–water partition coefficient (Wildman–Crippen LogP) is 8.35. The number of fused-ring (bicyclic) bond motifs is 4. The number of thiophene rings is 1. The summed E-state index contributed by atoms with van der Waals surface area (Å²) in [5, 5.41) is 3.25. The summed E-state index contributed by atoms with van der Waals surface area (Å²) in [5.74, 6) is 0.662. The maximum absolute atomic E-state index is 8.50. The Labute approximate surface area is 188 Å². The standard InChI is InChI=1S/C28H26N2S/c1-28(2)13-11-19(12-14-28)21-9-10-23-24(16-21)31-27-25(29-17-30-26(23)27)22-8-7-18-5-3-4-6-20(18)15-22/h3-10,15-17,19H,11-14H2,1-2H3/i7D. The first-order chi connectivity index (χ1) is 15.5. The molecule has 0 bridgehead atoms. The van der Waals surface area contributed by atoms with E-state index < -0.39 is 0 Å². The van der Waals surface area contributed by atoms with Crippen molar-refractivity contribution in [3.63, 3.8) is 0 Å². The third kappa shape index (κ3) is 3.32. The zero-order valence-corrected chi connectivity index (χ0v) is 18.8. The van der Waals surface area contributed by atoms with Crippen molar-refractivity contribution in [2.75, 3.05) is 0 Å². The maximum atomic E-state index is 8.50. The predicted molar refractivity (Wildman–Crippen MR) is 133 cm³/mol. The molecule has 0 radical (unpaired) electrons. The molecule has 1 aliphatic carbocycles. The first kappa shape index (κ1) is 17.9. The second kappa shape index (κ2) is 7.13. The summed E-state index contributed by atoms with van der Waals surface area (Å²) in [6.45, 7) is 4.79. The van der Waals surface area contributed by atoms with Crippen LogP contribution in [0.25, 0.3) is 42.3 Å². The summed E-state index contributed by atoms with van der Waals surface area (Å²) >= 11 is 1.79. The lowest BCUT2D eigenvalue weighted by atomic mass is 9.71. The van der Waals surface area contributed by atoms with Crippen LogP contribution in [0.5, 0.6) is 0 Å². The summed E-state index contributed by atoms with van der Waals surface area (Å²) in [7, 11) is 0. The fourth-order valence-corrected chi connectivity index (χ4v) is 6.26. The fraction of sp³-hybridized carbons (Fsp3) is 0.286. The van der Waals surface area contributed by atoms with E-state index in [1.807, 2.05) is 24.3 Å². The van der Waals surface area contributed by atoms with Gasteiger partial charge < -0.3 is 0 Å². The lowest BCUT2D eigenvalue weighted by molar-refractivity contribution is 0.224. The Morgan fingerprint density at radius 3 is 2.61 bits per heavy atom. The number of aromatic nitrogens is 2. The Bertz CT molecular complexity index is 1470. The van der Waals surface area contributed by atoms with Crippen LogP contribution in [0, 0.1) is 5.41 Å². The van der Waals surface area contributed by atoms with Crippen molar-refractivity contribution in [2.45, 2.75) is 45.4 Å². The van der Waals surface area contributed by atoms with Crippen LogP contribution < -0.4 is 0 Å². The molecule has 0 unspecified atom stereocenters. The molecule has 5 aromatic rings. The van der Waals surface area contributed by atoms with Crippen LogP contribution in [0.4, 0.5) is 0 Å². The minimum Gasteiger partial charge on any atom is -0.235 e. The van der Waals surface area contributed by atoms with Gasteiger partial charge in [0.1, 0.15) is 6.33 Å². The maximum Gasteiger partial charge on any atom is 0.116 e. The number of nitrogens with zero attached hydrogens (tertiary/aromatic N) is 2. The molecule has 0 saturated heterocycles. The lowest BCUT2D eigenvalue weighted by Crippen LogP contribution is -2.20. The molecule has 2 heterocycles. The summed E-state index contributed by atoms with van der Waals surface area (Å²) in [5.41, 5.74) is 4.89. The first-order valence-electron chi connectivity index (χ1n) is 11.7. The monoisotopic (exact) mass is 423 g/mol. The van der Waals surface area contributed by atoms with Gasteiger partial charge in [0.15, 0.2) is 0 Å². The van der Waals surface area contributed by atoms with E-state index in [9.17, 15) is 0 Å². The van der Waals surface area contributed by atoms with Gasteiger partial charge in [-0.25, -0.2) is 9.97 Å². The summed E-state index contributed by atoms with van der Waals surface area (Å²) in [6.07, 6.45) is 6.82. The zero-order chi connectivity index (χ0) is 21.9. The molecule has 0 spiro atoms. The van der Waals surface area contributed by atoms with Gasteiger partial charge in [0.2, 0.25) is 0 Å². The van der Waals surface area contributed by atoms with E-state index in [1.54, 1.807) is 17.7 Å². The summed E-state index contributed by atoms with van der Waals surface area (Å²) < 4.78 is 10.9. The van der Waals surface area contributed by atoms with Crippen molar-refractivity contribution >= 4 is 42.4 Å². The molecule has 0 amide bonds. The third-order valence-electron chi connectivity index (χ3n) is 7.02. The van der Waals surface area contributed by atoms with Crippen LogP contribution in [0.1, 0.15) is 52.4 Å². The van der Waals surface area contributed by atoms with E-state index in [0.29, 0.717) is 17.4 Å². The topological polar surface area (TPSA) is 25.8 Å². The Morgan fingerprint density at radius 2 is 1.77 bits per heavy atom. The molecule has 0 N–H and O–H groups in total. The molecule has 2 nitrogen and oxygen atoms in total. The highest BCUT2D eigenvalue weighted by Gasteiger charge is 2.28. The molecule has 3 aromatic carbocycles. The second-order valence-electron chi connectivity index (χ2n) is 9.67. The van der Waals surface area contributed by atoms with Crippen LogP contribution in [0.15, 0.2) is 67.0 Å². The summed E-state index contributed by atoms with van der Waals surface area (Å²) in [4.78, 5) is 9.32.